The lowest BCUT2D eigenvalue weighted by Gasteiger charge is -1.99. The number of rotatable bonds is 4. The van der Waals surface area contributed by atoms with Crippen LogP contribution in [0.25, 0.3) is 10.6 Å². The molecule has 0 saturated carbocycles. The van der Waals surface area contributed by atoms with Gasteiger partial charge in [0.25, 0.3) is 5.91 Å². The lowest BCUT2D eigenvalue weighted by atomic mass is 10.2. The Morgan fingerprint density at radius 3 is 2.96 bits per heavy atom. The molecule has 0 aliphatic heterocycles. The Labute approximate surface area is 153 Å². The van der Waals surface area contributed by atoms with Crippen molar-refractivity contribution in [1.29, 1.82) is 0 Å². The summed E-state index contributed by atoms with van der Waals surface area (Å²) < 4.78 is 14.6. The Morgan fingerprint density at radius 1 is 1.42 bits per heavy atom. The maximum Gasteiger partial charge on any atom is 0.291 e. The molecular formula is C15H9BrClFN4OS. The maximum absolute atomic E-state index is 13.6. The first-order chi connectivity index (χ1) is 11.5. The highest BCUT2D eigenvalue weighted by atomic mass is 79.9. The number of hydrogen-bond donors (Lipinski definition) is 2. The SMILES string of the molecule is O=C(N/N=C/c1c(F)cccc1Cl)c1cc(-c2ccc(Br)s2)[nH]n1. The molecule has 0 fully saturated rings. The molecule has 2 aromatic heterocycles. The van der Waals surface area contributed by atoms with Crippen LogP contribution in [0.5, 0.6) is 0 Å². The molecule has 0 bridgehead atoms. The molecule has 0 atom stereocenters. The van der Waals surface area contributed by atoms with Crippen LogP contribution in [-0.4, -0.2) is 22.3 Å². The predicted molar refractivity (Wildman–Crippen MR) is 96.1 cm³/mol. The molecule has 5 nitrogen and oxygen atoms in total. The minimum absolute atomic E-state index is 0.102. The minimum Gasteiger partial charge on any atom is -0.276 e. The van der Waals surface area contributed by atoms with Gasteiger partial charge in [0.2, 0.25) is 0 Å². The first kappa shape index (κ1) is 16.8. The highest BCUT2D eigenvalue weighted by molar-refractivity contribution is 9.11. The van der Waals surface area contributed by atoms with Crippen molar-refractivity contribution < 1.29 is 9.18 Å². The van der Waals surface area contributed by atoms with Gasteiger partial charge in [-0.1, -0.05) is 17.7 Å². The second kappa shape index (κ2) is 7.25. The number of amides is 1. The number of halogens is 3. The molecule has 3 rings (SSSR count). The van der Waals surface area contributed by atoms with Crippen LogP contribution < -0.4 is 5.43 Å². The Balaban J connectivity index is 1.70. The van der Waals surface area contributed by atoms with Gasteiger partial charge in [-0.05, 0) is 46.3 Å². The van der Waals surface area contributed by atoms with E-state index in [-0.39, 0.29) is 16.3 Å². The molecule has 122 valence electrons. The Hall–Kier alpha value is -2.03. The van der Waals surface area contributed by atoms with Crippen molar-refractivity contribution in [1.82, 2.24) is 15.6 Å². The van der Waals surface area contributed by atoms with Gasteiger partial charge in [-0.15, -0.1) is 11.3 Å². The van der Waals surface area contributed by atoms with E-state index in [0.717, 1.165) is 20.6 Å². The largest absolute Gasteiger partial charge is 0.291 e. The molecule has 24 heavy (non-hydrogen) atoms. The van der Waals surface area contributed by atoms with Crippen LogP contribution in [0.4, 0.5) is 4.39 Å². The minimum atomic E-state index is -0.522. The molecule has 0 aliphatic rings. The van der Waals surface area contributed by atoms with Gasteiger partial charge >= 0.3 is 0 Å². The van der Waals surface area contributed by atoms with Gasteiger partial charge in [-0.25, -0.2) is 9.82 Å². The summed E-state index contributed by atoms with van der Waals surface area (Å²) in [4.78, 5) is 13.0. The standard InChI is InChI=1S/C15H9BrClFN4OS/c16-14-5-4-13(24-14)11-6-12(21-20-11)15(23)22-19-7-8-9(17)2-1-3-10(8)18/h1-7H,(H,20,21)(H,22,23)/b19-7+. The number of hydrogen-bond acceptors (Lipinski definition) is 4. The van der Waals surface area contributed by atoms with Gasteiger partial charge < -0.3 is 0 Å². The van der Waals surface area contributed by atoms with Crippen LogP contribution in [0.1, 0.15) is 16.1 Å². The van der Waals surface area contributed by atoms with E-state index in [1.54, 1.807) is 6.07 Å². The highest BCUT2D eigenvalue weighted by Crippen LogP contribution is 2.30. The number of carbonyl (C=O) groups excluding carboxylic acids is 1. The van der Waals surface area contributed by atoms with E-state index in [1.807, 2.05) is 12.1 Å². The van der Waals surface area contributed by atoms with Gasteiger partial charge in [0.1, 0.15) is 5.82 Å². The Kier molecular flexibility index (Phi) is 5.08. The summed E-state index contributed by atoms with van der Waals surface area (Å²) in [6, 6.07) is 9.70. The van der Waals surface area contributed by atoms with Crippen LogP contribution in [-0.2, 0) is 0 Å². The first-order valence-electron chi connectivity index (χ1n) is 6.63. The fourth-order valence-electron chi connectivity index (χ4n) is 1.87. The number of H-pyrrole nitrogens is 1. The summed E-state index contributed by atoms with van der Waals surface area (Å²) in [5.41, 5.74) is 3.28. The number of nitrogens with one attached hydrogen (secondary N) is 2. The smallest absolute Gasteiger partial charge is 0.276 e. The molecule has 1 aromatic carbocycles. The third-order valence-electron chi connectivity index (χ3n) is 3.01. The van der Waals surface area contributed by atoms with Crippen molar-refractivity contribution in [3.8, 4) is 10.6 Å². The third kappa shape index (κ3) is 3.72. The average molecular weight is 428 g/mol. The molecule has 9 heteroatoms. The molecule has 0 saturated heterocycles. The quantitative estimate of drug-likeness (QED) is 0.477. The zero-order valence-corrected chi connectivity index (χ0v) is 15.0. The summed E-state index contributed by atoms with van der Waals surface area (Å²) in [7, 11) is 0. The second-order valence-corrected chi connectivity index (χ2v) is 7.48. The number of aromatic amines is 1. The lowest BCUT2D eigenvalue weighted by Crippen LogP contribution is -2.18. The van der Waals surface area contributed by atoms with Gasteiger partial charge in [0.05, 0.1) is 25.6 Å². The summed E-state index contributed by atoms with van der Waals surface area (Å²) >= 11 is 10.8. The fourth-order valence-corrected chi connectivity index (χ4v) is 3.43. The van der Waals surface area contributed by atoms with Gasteiger partial charge in [-0.3, -0.25) is 9.89 Å². The first-order valence-corrected chi connectivity index (χ1v) is 8.62. The number of nitrogens with zero attached hydrogens (tertiary/aromatic N) is 2. The van der Waals surface area contributed by atoms with Crippen molar-refractivity contribution in [3.63, 3.8) is 0 Å². The Bertz CT molecular complexity index is 904. The molecule has 0 unspecified atom stereocenters. The molecule has 2 heterocycles. The van der Waals surface area contributed by atoms with Crippen molar-refractivity contribution >= 4 is 51.0 Å². The summed E-state index contributed by atoms with van der Waals surface area (Å²) in [5, 5.41) is 10.7. The summed E-state index contributed by atoms with van der Waals surface area (Å²) in [6.45, 7) is 0. The molecule has 0 radical (unpaired) electrons. The maximum atomic E-state index is 13.6. The van der Waals surface area contributed by atoms with E-state index in [0.29, 0.717) is 0 Å². The third-order valence-corrected chi connectivity index (χ3v) is 5.00. The summed E-state index contributed by atoms with van der Waals surface area (Å²) in [6.07, 6.45) is 1.15. The fraction of sp³-hybridized carbons (Fsp3) is 0. The van der Waals surface area contributed by atoms with E-state index in [4.69, 9.17) is 11.6 Å². The van der Waals surface area contributed by atoms with Crippen LogP contribution >= 0.6 is 38.9 Å². The zero-order chi connectivity index (χ0) is 17.1. The molecule has 0 aliphatic carbocycles. The number of thiophene rings is 1. The van der Waals surface area contributed by atoms with Crippen LogP contribution in [0.2, 0.25) is 5.02 Å². The van der Waals surface area contributed by atoms with Crippen LogP contribution in [0.3, 0.4) is 0 Å². The molecule has 2 N–H and O–H groups in total. The van der Waals surface area contributed by atoms with E-state index in [2.05, 4.69) is 36.7 Å². The normalized spacial score (nSPS) is 11.1. The Morgan fingerprint density at radius 2 is 2.25 bits per heavy atom. The second-order valence-electron chi connectivity index (χ2n) is 4.61. The van der Waals surface area contributed by atoms with Gasteiger partial charge in [-0.2, -0.15) is 10.2 Å². The molecular weight excluding hydrogens is 419 g/mol. The highest BCUT2D eigenvalue weighted by Gasteiger charge is 2.12. The van der Waals surface area contributed by atoms with E-state index in [1.165, 1.54) is 29.5 Å². The van der Waals surface area contributed by atoms with Gasteiger partial charge in [0, 0.05) is 5.56 Å². The van der Waals surface area contributed by atoms with E-state index >= 15 is 0 Å². The predicted octanol–water partition coefficient (Wildman–Crippen LogP) is 4.46. The summed E-state index contributed by atoms with van der Waals surface area (Å²) in [5.74, 6) is -1.04. The zero-order valence-electron chi connectivity index (χ0n) is 11.9. The van der Waals surface area contributed by atoms with Gasteiger partial charge in [0.15, 0.2) is 5.69 Å². The van der Waals surface area contributed by atoms with Crippen molar-refractivity contribution in [3.05, 3.63) is 62.3 Å². The number of carbonyl (C=O) groups is 1. The van der Waals surface area contributed by atoms with Crippen molar-refractivity contribution in [2.45, 2.75) is 0 Å². The average Bonchev–Trinajstić information content (AvgIpc) is 3.19. The lowest BCUT2D eigenvalue weighted by molar-refractivity contribution is 0.0950. The van der Waals surface area contributed by atoms with Crippen LogP contribution in [0.15, 0.2) is 45.3 Å². The number of hydrazone groups is 1. The topological polar surface area (TPSA) is 70.1 Å². The van der Waals surface area contributed by atoms with E-state index in [9.17, 15) is 9.18 Å². The molecule has 0 spiro atoms. The van der Waals surface area contributed by atoms with Crippen molar-refractivity contribution in [2.75, 3.05) is 0 Å². The monoisotopic (exact) mass is 426 g/mol. The molecule has 3 aromatic rings. The number of benzene rings is 1. The van der Waals surface area contributed by atoms with Crippen LogP contribution in [0, 0.1) is 5.82 Å². The number of aromatic nitrogens is 2. The van der Waals surface area contributed by atoms with E-state index < -0.39 is 11.7 Å². The van der Waals surface area contributed by atoms with Crippen molar-refractivity contribution in [2.24, 2.45) is 5.10 Å². The molecule has 1 amide bonds.